The van der Waals surface area contributed by atoms with Crippen molar-refractivity contribution in [1.82, 2.24) is 10.6 Å². The quantitative estimate of drug-likeness (QED) is 0.890. The topological polar surface area (TPSA) is 41.1 Å². The van der Waals surface area contributed by atoms with Gasteiger partial charge in [0.25, 0.3) is 0 Å². The van der Waals surface area contributed by atoms with Gasteiger partial charge in [0, 0.05) is 12.6 Å². The Morgan fingerprint density at radius 1 is 1.20 bits per heavy atom. The second-order valence-corrected chi connectivity index (χ2v) is 6.04. The summed E-state index contributed by atoms with van der Waals surface area (Å²) in [5, 5.41) is 6.50. The molecule has 0 saturated carbocycles. The molecule has 0 aliphatic carbocycles. The summed E-state index contributed by atoms with van der Waals surface area (Å²) in [6.45, 7) is 9.40. The first kappa shape index (κ1) is 15.0. The number of rotatable bonds is 3. The van der Waals surface area contributed by atoms with Crippen LogP contribution in [0.5, 0.6) is 0 Å². The normalized spacial score (nSPS) is 21.2. The minimum absolute atomic E-state index is 0.0624. The second kappa shape index (κ2) is 6.40. The molecule has 1 fully saturated rings. The number of carbonyl (C=O) groups is 1. The van der Waals surface area contributed by atoms with Crippen LogP contribution in [0.2, 0.25) is 0 Å². The van der Waals surface area contributed by atoms with Crippen LogP contribution in [0.15, 0.2) is 12.1 Å². The van der Waals surface area contributed by atoms with Crippen LogP contribution in [0.3, 0.4) is 0 Å². The Hall–Kier alpha value is -1.35. The lowest BCUT2D eigenvalue weighted by Crippen LogP contribution is -2.44. The number of amides is 1. The summed E-state index contributed by atoms with van der Waals surface area (Å²) in [5.41, 5.74) is 5.23. The molecule has 0 radical (unpaired) electrons. The molecule has 1 aromatic carbocycles. The van der Waals surface area contributed by atoms with E-state index in [0.29, 0.717) is 0 Å². The van der Waals surface area contributed by atoms with E-state index in [2.05, 4.69) is 50.5 Å². The van der Waals surface area contributed by atoms with Crippen molar-refractivity contribution in [2.75, 3.05) is 6.54 Å². The van der Waals surface area contributed by atoms with E-state index in [1.54, 1.807) is 0 Å². The highest BCUT2D eigenvalue weighted by atomic mass is 16.2. The first-order valence-electron chi connectivity index (χ1n) is 7.60. The summed E-state index contributed by atoms with van der Waals surface area (Å²) in [4.78, 5) is 12.0. The molecule has 1 heterocycles. The van der Waals surface area contributed by atoms with E-state index in [0.717, 1.165) is 25.8 Å². The van der Waals surface area contributed by atoms with E-state index in [1.807, 2.05) is 0 Å². The monoisotopic (exact) mass is 274 g/mol. The van der Waals surface area contributed by atoms with Gasteiger partial charge in [-0.1, -0.05) is 17.7 Å². The van der Waals surface area contributed by atoms with Gasteiger partial charge in [-0.15, -0.1) is 0 Å². The molecule has 3 nitrogen and oxygen atoms in total. The van der Waals surface area contributed by atoms with Gasteiger partial charge in [0.2, 0.25) is 5.91 Å². The molecule has 2 N–H and O–H groups in total. The van der Waals surface area contributed by atoms with Crippen molar-refractivity contribution >= 4 is 5.91 Å². The van der Waals surface area contributed by atoms with E-state index in [-0.39, 0.29) is 18.0 Å². The van der Waals surface area contributed by atoms with Crippen molar-refractivity contribution in [3.63, 3.8) is 0 Å². The number of carbonyl (C=O) groups excluding carboxylic acids is 1. The van der Waals surface area contributed by atoms with Crippen LogP contribution in [-0.2, 0) is 4.79 Å². The van der Waals surface area contributed by atoms with Crippen LogP contribution in [0, 0.1) is 20.8 Å². The third-order valence-corrected chi connectivity index (χ3v) is 4.16. The third kappa shape index (κ3) is 3.40. The number of hydrogen-bond donors (Lipinski definition) is 2. The molecule has 2 rings (SSSR count). The summed E-state index contributed by atoms with van der Waals surface area (Å²) in [6.07, 6.45) is 3.12. The predicted molar refractivity (Wildman–Crippen MR) is 82.9 cm³/mol. The highest BCUT2D eigenvalue weighted by Crippen LogP contribution is 2.24. The molecule has 3 heteroatoms. The molecule has 1 aromatic rings. The van der Waals surface area contributed by atoms with Gasteiger partial charge in [0.1, 0.15) is 0 Å². The van der Waals surface area contributed by atoms with Crippen molar-refractivity contribution in [1.29, 1.82) is 0 Å². The fourth-order valence-electron chi connectivity index (χ4n) is 3.36. The van der Waals surface area contributed by atoms with Gasteiger partial charge in [-0.2, -0.15) is 0 Å². The zero-order chi connectivity index (χ0) is 14.7. The fourth-order valence-corrected chi connectivity index (χ4v) is 3.36. The molecule has 110 valence electrons. The molecule has 1 amide bonds. The van der Waals surface area contributed by atoms with Crippen LogP contribution in [0.25, 0.3) is 0 Å². The number of aryl methyl sites for hydroxylation is 3. The zero-order valence-electron chi connectivity index (χ0n) is 13.0. The van der Waals surface area contributed by atoms with Crippen LogP contribution in [-0.4, -0.2) is 18.5 Å². The summed E-state index contributed by atoms with van der Waals surface area (Å²) < 4.78 is 0. The Bertz CT molecular complexity index is 473. The average molecular weight is 274 g/mol. The van der Waals surface area contributed by atoms with E-state index in [1.165, 1.54) is 22.3 Å². The van der Waals surface area contributed by atoms with Gasteiger partial charge in [-0.25, -0.2) is 0 Å². The maximum absolute atomic E-state index is 12.0. The Morgan fingerprint density at radius 2 is 1.85 bits per heavy atom. The lowest BCUT2D eigenvalue weighted by Gasteiger charge is -2.24. The summed E-state index contributed by atoms with van der Waals surface area (Å²) in [6, 6.07) is 4.57. The van der Waals surface area contributed by atoms with Crippen molar-refractivity contribution in [2.24, 2.45) is 0 Å². The van der Waals surface area contributed by atoms with Crippen molar-refractivity contribution in [3.8, 4) is 0 Å². The van der Waals surface area contributed by atoms with E-state index in [9.17, 15) is 4.79 Å². The molecular weight excluding hydrogens is 248 g/mol. The highest BCUT2D eigenvalue weighted by molar-refractivity contribution is 5.82. The Morgan fingerprint density at radius 3 is 2.50 bits per heavy atom. The first-order chi connectivity index (χ1) is 9.49. The minimum Gasteiger partial charge on any atom is -0.355 e. The summed E-state index contributed by atoms with van der Waals surface area (Å²) in [5.74, 6) is 0.150. The molecule has 20 heavy (non-hydrogen) atoms. The van der Waals surface area contributed by atoms with Crippen LogP contribution in [0.4, 0.5) is 0 Å². The molecule has 1 saturated heterocycles. The molecule has 2 atom stereocenters. The molecule has 0 aromatic heterocycles. The molecule has 0 bridgehead atoms. The smallest absolute Gasteiger partial charge is 0.237 e. The van der Waals surface area contributed by atoms with Crippen molar-refractivity contribution in [3.05, 3.63) is 34.4 Å². The maximum Gasteiger partial charge on any atom is 0.237 e. The van der Waals surface area contributed by atoms with Crippen LogP contribution in [0.1, 0.15) is 54.5 Å². The zero-order valence-corrected chi connectivity index (χ0v) is 13.0. The van der Waals surface area contributed by atoms with Gasteiger partial charge in [0.15, 0.2) is 0 Å². The van der Waals surface area contributed by atoms with Crippen LogP contribution < -0.4 is 10.6 Å². The van der Waals surface area contributed by atoms with Gasteiger partial charge >= 0.3 is 0 Å². The number of nitrogens with one attached hydrogen (secondary N) is 2. The van der Waals surface area contributed by atoms with Crippen molar-refractivity contribution in [2.45, 2.75) is 59.0 Å². The lowest BCUT2D eigenvalue weighted by atomic mass is 9.94. The SMILES string of the molecule is Cc1cc(C)c(C(C)NC2CCCCNC2=O)c(C)c1. The molecule has 1 aliphatic heterocycles. The van der Waals surface area contributed by atoms with Gasteiger partial charge in [-0.3, -0.25) is 10.1 Å². The summed E-state index contributed by atoms with van der Waals surface area (Å²) >= 11 is 0. The molecule has 1 aliphatic rings. The highest BCUT2D eigenvalue weighted by Gasteiger charge is 2.23. The van der Waals surface area contributed by atoms with Crippen molar-refractivity contribution < 1.29 is 4.79 Å². The van der Waals surface area contributed by atoms with Gasteiger partial charge < -0.3 is 5.32 Å². The Kier molecular flexibility index (Phi) is 4.81. The predicted octanol–water partition coefficient (Wildman–Crippen LogP) is 2.93. The molecular formula is C17H26N2O. The fraction of sp³-hybridized carbons (Fsp3) is 0.588. The largest absolute Gasteiger partial charge is 0.355 e. The van der Waals surface area contributed by atoms with Gasteiger partial charge in [-0.05, 0) is 63.6 Å². The number of hydrogen-bond acceptors (Lipinski definition) is 2. The average Bonchev–Trinajstić information content (AvgIpc) is 2.53. The van der Waals surface area contributed by atoms with E-state index >= 15 is 0 Å². The van der Waals surface area contributed by atoms with E-state index < -0.39 is 0 Å². The summed E-state index contributed by atoms with van der Waals surface area (Å²) in [7, 11) is 0. The standard InChI is InChI=1S/C17H26N2O/c1-11-9-12(2)16(13(3)10-11)14(4)19-15-7-5-6-8-18-17(15)20/h9-10,14-15,19H,5-8H2,1-4H3,(H,18,20). The number of benzene rings is 1. The lowest BCUT2D eigenvalue weighted by molar-refractivity contribution is -0.123. The first-order valence-corrected chi connectivity index (χ1v) is 7.60. The Labute approximate surface area is 122 Å². The maximum atomic E-state index is 12.0. The molecule has 0 spiro atoms. The van der Waals surface area contributed by atoms with Crippen LogP contribution >= 0.6 is 0 Å². The molecule has 2 unspecified atom stereocenters. The second-order valence-electron chi connectivity index (χ2n) is 6.04. The van der Waals surface area contributed by atoms with Gasteiger partial charge in [0.05, 0.1) is 6.04 Å². The Balaban J connectivity index is 2.15. The minimum atomic E-state index is -0.0624. The third-order valence-electron chi connectivity index (χ3n) is 4.16. The van der Waals surface area contributed by atoms with E-state index in [4.69, 9.17) is 0 Å².